The molecule has 3 heteroatoms. The Morgan fingerprint density at radius 3 is 2.20 bits per heavy atom. The van der Waals surface area contributed by atoms with Gasteiger partial charge in [-0.3, -0.25) is 0 Å². The van der Waals surface area contributed by atoms with Crippen LogP contribution in [-0.2, 0) is 9.47 Å². The van der Waals surface area contributed by atoms with Crippen molar-refractivity contribution in [3.63, 3.8) is 0 Å². The van der Waals surface area contributed by atoms with Crippen molar-refractivity contribution in [2.45, 2.75) is 54.1 Å². The Kier molecular flexibility index (Phi) is 5.69. The summed E-state index contributed by atoms with van der Waals surface area (Å²) in [7, 11) is 0. The molecule has 0 aliphatic rings. The molecule has 0 saturated carbocycles. The van der Waals surface area contributed by atoms with Gasteiger partial charge in [0.1, 0.15) is 6.10 Å². The summed E-state index contributed by atoms with van der Waals surface area (Å²) in [6.45, 7) is 12.5. The second-order valence-electron chi connectivity index (χ2n) is 5.06. The van der Waals surface area contributed by atoms with Crippen LogP contribution in [-0.4, -0.2) is 18.9 Å². The number of carbonyl (C=O) groups is 1. The molecule has 0 spiro atoms. The fourth-order valence-corrected chi connectivity index (χ4v) is 0.860. The molecule has 0 rings (SSSR count). The third-order valence-electron chi connectivity index (χ3n) is 2.82. The average molecular weight is 216 g/mol. The third kappa shape index (κ3) is 5.65. The van der Waals surface area contributed by atoms with Crippen LogP contribution in [0, 0.1) is 11.3 Å². The van der Waals surface area contributed by atoms with Gasteiger partial charge in [-0.1, -0.05) is 34.6 Å². The number of ether oxygens (including phenoxy) is 2. The number of rotatable bonds is 5. The highest BCUT2D eigenvalue weighted by molar-refractivity contribution is 5.60. The van der Waals surface area contributed by atoms with Crippen molar-refractivity contribution in [1.82, 2.24) is 0 Å². The molecule has 0 aliphatic heterocycles. The molecule has 0 bridgehead atoms. The highest BCUT2D eigenvalue weighted by Gasteiger charge is 2.27. The van der Waals surface area contributed by atoms with E-state index in [9.17, 15) is 4.79 Å². The first kappa shape index (κ1) is 14.3. The molecule has 15 heavy (non-hydrogen) atoms. The minimum absolute atomic E-state index is 0.00312. The van der Waals surface area contributed by atoms with Crippen molar-refractivity contribution >= 4 is 6.16 Å². The Morgan fingerprint density at radius 2 is 1.80 bits per heavy atom. The van der Waals surface area contributed by atoms with E-state index in [1.54, 1.807) is 0 Å². The minimum atomic E-state index is -0.558. The first-order chi connectivity index (χ1) is 6.79. The van der Waals surface area contributed by atoms with Crippen LogP contribution in [0.25, 0.3) is 0 Å². The van der Waals surface area contributed by atoms with Crippen molar-refractivity contribution in [3.8, 4) is 0 Å². The zero-order valence-electron chi connectivity index (χ0n) is 10.8. The van der Waals surface area contributed by atoms with E-state index in [4.69, 9.17) is 9.47 Å². The van der Waals surface area contributed by atoms with Crippen molar-refractivity contribution in [3.05, 3.63) is 0 Å². The molecule has 0 aromatic rings. The summed E-state index contributed by atoms with van der Waals surface area (Å²) < 4.78 is 10.1. The lowest BCUT2D eigenvalue weighted by atomic mass is 9.85. The molecule has 1 unspecified atom stereocenters. The molecule has 90 valence electrons. The van der Waals surface area contributed by atoms with Gasteiger partial charge in [-0.2, -0.15) is 0 Å². The van der Waals surface area contributed by atoms with Gasteiger partial charge >= 0.3 is 6.16 Å². The molecule has 0 heterocycles. The molecular weight excluding hydrogens is 192 g/mol. The number of hydrogen-bond donors (Lipinski definition) is 0. The topological polar surface area (TPSA) is 35.5 Å². The fraction of sp³-hybridized carbons (Fsp3) is 0.917. The van der Waals surface area contributed by atoms with E-state index in [-0.39, 0.29) is 11.5 Å². The second-order valence-corrected chi connectivity index (χ2v) is 5.06. The van der Waals surface area contributed by atoms with E-state index < -0.39 is 6.16 Å². The lowest BCUT2D eigenvalue weighted by Gasteiger charge is -2.29. The molecule has 0 fully saturated rings. The molecule has 0 radical (unpaired) electrons. The summed E-state index contributed by atoms with van der Waals surface area (Å²) in [5, 5.41) is 0. The van der Waals surface area contributed by atoms with Crippen LogP contribution >= 0.6 is 0 Å². The molecule has 3 nitrogen and oxygen atoms in total. The van der Waals surface area contributed by atoms with E-state index in [2.05, 4.69) is 20.8 Å². The third-order valence-corrected chi connectivity index (χ3v) is 2.82. The maximum absolute atomic E-state index is 11.3. The van der Waals surface area contributed by atoms with Gasteiger partial charge in [0.25, 0.3) is 0 Å². The van der Waals surface area contributed by atoms with Gasteiger partial charge in [0, 0.05) is 5.41 Å². The summed E-state index contributed by atoms with van der Waals surface area (Å²) in [6, 6.07) is 0. The van der Waals surface area contributed by atoms with Gasteiger partial charge in [-0.15, -0.1) is 0 Å². The fourth-order valence-electron chi connectivity index (χ4n) is 0.860. The van der Waals surface area contributed by atoms with Crippen LogP contribution in [0.1, 0.15) is 48.0 Å². The predicted molar refractivity (Wildman–Crippen MR) is 60.8 cm³/mol. The van der Waals surface area contributed by atoms with E-state index >= 15 is 0 Å². The molecule has 0 aliphatic carbocycles. The van der Waals surface area contributed by atoms with E-state index in [0.29, 0.717) is 12.5 Å². The SMILES string of the molecule is CCC(C)(C)C(C)OC(=O)OCC(C)C. The maximum Gasteiger partial charge on any atom is 0.508 e. The Balaban J connectivity index is 3.96. The van der Waals surface area contributed by atoms with Gasteiger partial charge in [0.2, 0.25) is 0 Å². The normalized spacial score (nSPS) is 13.8. The first-order valence-corrected chi connectivity index (χ1v) is 5.63. The molecular formula is C12H24O3. The van der Waals surface area contributed by atoms with Crippen LogP contribution in [0.2, 0.25) is 0 Å². The van der Waals surface area contributed by atoms with Crippen LogP contribution in [0.3, 0.4) is 0 Å². The van der Waals surface area contributed by atoms with Crippen LogP contribution in [0.15, 0.2) is 0 Å². The highest BCUT2D eigenvalue weighted by Crippen LogP contribution is 2.27. The summed E-state index contributed by atoms with van der Waals surface area (Å²) in [4.78, 5) is 11.3. The molecule has 0 N–H and O–H groups in total. The van der Waals surface area contributed by atoms with Gasteiger partial charge < -0.3 is 9.47 Å². The Bertz CT molecular complexity index is 197. The van der Waals surface area contributed by atoms with Crippen LogP contribution < -0.4 is 0 Å². The quantitative estimate of drug-likeness (QED) is 0.658. The molecule has 0 aromatic carbocycles. The average Bonchev–Trinajstić information content (AvgIpc) is 2.14. The van der Waals surface area contributed by atoms with Gasteiger partial charge in [-0.05, 0) is 19.3 Å². The van der Waals surface area contributed by atoms with Crippen molar-refractivity contribution in [2.24, 2.45) is 11.3 Å². The van der Waals surface area contributed by atoms with Crippen molar-refractivity contribution < 1.29 is 14.3 Å². The predicted octanol–water partition coefficient (Wildman–Crippen LogP) is 3.62. The smallest absolute Gasteiger partial charge is 0.434 e. The van der Waals surface area contributed by atoms with E-state index in [1.165, 1.54) is 0 Å². The van der Waals surface area contributed by atoms with Crippen LogP contribution in [0.4, 0.5) is 4.79 Å². The van der Waals surface area contributed by atoms with Gasteiger partial charge in [-0.25, -0.2) is 4.79 Å². The summed E-state index contributed by atoms with van der Waals surface area (Å²) in [5.41, 5.74) is -0.00312. The Morgan fingerprint density at radius 1 is 1.27 bits per heavy atom. The largest absolute Gasteiger partial charge is 0.508 e. The zero-order chi connectivity index (χ0) is 12.1. The Labute approximate surface area is 93.1 Å². The molecule has 0 saturated heterocycles. The van der Waals surface area contributed by atoms with E-state index in [0.717, 1.165) is 6.42 Å². The molecule has 1 atom stereocenters. The molecule has 0 amide bonds. The standard InChI is InChI=1S/C12H24O3/c1-7-12(5,6)10(4)15-11(13)14-8-9(2)3/h9-10H,7-8H2,1-6H3. The Hall–Kier alpha value is -0.730. The van der Waals surface area contributed by atoms with Gasteiger partial charge in [0.15, 0.2) is 0 Å². The number of carbonyl (C=O) groups excluding carboxylic acids is 1. The van der Waals surface area contributed by atoms with Crippen molar-refractivity contribution in [1.29, 1.82) is 0 Å². The zero-order valence-corrected chi connectivity index (χ0v) is 10.8. The van der Waals surface area contributed by atoms with Gasteiger partial charge in [0.05, 0.1) is 6.61 Å². The minimum Gasteiger partial charge on any atom is -0.434 e. The second kappa shape index (κ2) is 5.99. The lowest BCUT2D eigenvalue weighted by molar-refractivity contribution is -0.0185. The summed E-state index contributed by atoms with van der Waals surface area (Å²) >= 11 is 0. The summed E-state index contributed by atoms with van der Waals surface area (Å²) in [5.74, 6) is 0.340. The monoisotopic (exact) mass is 216 g/mol. The maximum atomic E-state index is 11.3. The van der Waals surface area contributed by atoms with E-state index in [1.807, 2.05) is 20.8 Å². The summed E-state index contributed by atoms with van der Waals surface area (Å²) in [6.07, 6.45) is 0.283. The van der Waals surface area contributed by atoms with Crippen molar-refractivity contribution in [2.75, 3.05) is 6.61 Å². The molecule has 0 aromatic heterocycles. The number of hydrogen-bond acceptors (Lipinski definition) is 3. The first-order valence-electron chi connectivity index (χ1n) is 5.63. The van der Waals surface area contributed by atoms with Crippen LogP contribution in [0.5, 0.6) is 0 Å². The lowest BCUT2D eigenvalue weighted by Crippen LogP contribution is -2.31. The highest BCUT2D eigenvalue weighted by atomic mass is 16.7.